The summed E-state index contributed by atoms with van der Waals surface area (Å²) < 4.78 is 32.1. The largest absolute Gasteiger partial charge is 0.496 e. The van der Waals surface area contributed by atoms with Gasteiger partial charge in [0.1, 0.15) is 5.75 Å². The van der Waals surface area contributed by atoms with Gasteiger partial charge in [-0.1, -0.05) is 24.6 Å². The van der Waals surface area contributed by atoms with Crippen molar-refractivity contribution in [2.45, 2.75) is 31.7 Å². The zero-order valence-corrected chi connectivity index (χ0v) is 13.3. The zero-order valence-electron chi connectivity index (χ0n) is 12.5. The number of rotatable bonds is 7. The van der Waals surface area contributed by atoms with Crippen LogP contribution < -0.4 is 14.8 Å². The van der Waals surface area contributed by atoms with Crippen LogP contribution in [0.3, 0.4) is 0 Å². The number of benzene rings is 1. The predicted molar refractivity (Wildman–Crippen MR) is 84.1 cm³/mol. The minimum atomic E-state index is -3.22. The van der Waals surface area contributed by atoms with E-state index in [1.807, 2.05) is 24.3 Å². The van der Waals surface area contributed by atoms with Crippen LogP contribution in [0.2, 0.25) is 0 Å². The summed E-state index contributed by atoms with van der Waals surface area (Å²) in [5, 5.41) is 3.26. The molecule has 2 rings (SSSR count). The Labute approximate surface area is 127 Å². The molecule has 1 fully saturated rings. The fraction of sp³-hybridized carbons (Fsp3) is 0.600. The number of ether oxygens (including phenoxy) is 1. The number of nitrogens with one attached hydrogen (secondary N) is 2. The van der Waals surface area contributed by atoms with Gasteiger partial charge in [-0.05, 0) is 37.4 Å². The number of sulfonamides is 1. The summed E-state index contributed by atoms with van der Waals surface area (Å²) in [6.45, 7) is 1.32. The maximum absolute atomic E-state index is 12.1. The zero-order chi connectivity index (χ0) is 15.1. The minimum absolute atomic E-state index is 0.0857. The molecule has 1 aliphatic rings. The number of methoxy groups -OCH3 is 1. The lowest BCUT2D eigenvalue weighted by atomic mass is 10.1. The Hall–Kier alpha value is -1.11. The van der Waals surface area contributed by atoms with Crippen molar-refractivity contribution in [1.29, 1.82) is 0 Å². The van der Waals surface area contributed by atoms with E-state index in [4.69, 9.17) is 4.74 Å². The van der Waals surface area contributed by atoms with Gasteiger partial charge in [0, 0.05) is 12.6 Å². The van der Waals surface area contributed by atoms with E-state index in [0.717, 1.165) is 37.1 Å². The van der Waals surface area contributed by atoms with Gasteiger partial charge < -0.3 is 10.1 Å². The minimum Gasteiger partial charge on any atom is -0.496 e. The molecule has 1 aliphatic heterocycles. The van der Waals surface area contributed by atoms with Crippen LogP contribution in [-0.4, -0.2) is 40.4 Å². The molecule has 1 aromatic rings. The maximum atomic E-state index is 12.1. The highest BCUT2D eigenvalue weighted by Crippen LogP contribution is 2.17. The van der Waals surface area contributed by atoms with Gasteiger partial charge in [-0.15, -0.1) is 0 Å². The Morgan fingerprint density at radius 1 is 1.33 bits per heavy atom. The fourth-order valence-corrected chi connectivity index (χ4v) is 3.99. The molecular weight excluding hydrogens is 288 g/mol. The van der Waals surface area contributed by atoms with Crippen molar-refractivity contribution in [1.82, 2.24) is 10.0 Å². The van der Waals surface area contributed by atoms with E-state index in [1.54, 1.807) is 7.11 Å². The molecule has 1 atom stereocenters. The van der Waals surface area contributed by atoms with E-state index in [0.29, 0.717) is 13.0 Å². The Kier molecular flexibility index (Phi) is 6.02. The van der Waals surface area contributed by atoms with Crippen molar-refractivity contribution in [3.8, 4) is 5.75 Å². The number of hydrogen-bond acceptors (Lipinski definition) is 4. The van der Waals surface area contributed by atoms with Crippen LogP contribution in [0, 0.1) is 0 Å². The van der Waals surface area contributed by atoms with E-state index in [1.165, 1.54) is 0 Å². The smallest absolute Gasteiger partial charge is 0.213 e. The van der Waals surface area contributed by atoms with Crippen molar-refractivity contribution in [2.75, 3.05) is 26.0 Å². The first-order valence-corrected chi connectivity index (χ1v) is 9.08. The lowest BCUT2D eigenvalue weighted by Gasteiger charge is -2.23. The SMILES string of the molecule is COc1ccccc1CCNS(=O)(=O)CC1CCCCN1. The van der Waals surface area contributed by atoms with Gasteiger partial charge in [0.15, 0.2) is 0 Å². The molecule has 2 N–H and O–H groups in total. The van der Waals surface area contributed by atoms with Crippen molar-refractivity contribution >= 4 is 10.0 Å². The molecule has 118 valence electrons. The third kappa shape index (κ3) is 5.30. The van der Waals surface area contributed by atoms with E-state index in [9.17, 15) is 8.42 Å². The molecule has 6 heteroatoms. The first-order valence-electron chi connectivity index (χ1n) is 7.43. The molecule has 0 spiro atoms. The first kappa shape index (κ1) is 16.3. The maximum Gasteiger partial charge on any atom is 0.213 e. The van der Waals surface area contributed by atoms with Crippen LogP contribution in [-0.2, 0) is 16.4 Å². The quantitative estimate of drug-likeness (QED) is 0.796. The second kappa shape index (κ2) is 7.77. The second-order valence-electron chi connectivity index (χ2n) is 5.38. The van der Waals surface area contributed by atoms with Crippen molar-refractivity contribution in [3.63, 3.8) is 0 Å². The number of hydrogen-bond donors (Lipinski definition) is 2. The lowest BCUT2D eigenvalue weighted by molar-refractivity contribution is 0.409. The van der Waals surface area contributed by atoms with Crippen LogP contribution in [0.25, 0.3) is 0 Å². The molecule has 0 aromatic heterocycles. The fourth-order valence-electron chi connectivity index (χ4n) is 2.64. The summed E-state index contributed by atoms with van der Waals surface area (Å²) in [6.07, 6.45) is 3.81. The summed E-state index contributed by atoms with van der Waals surface area (Å²) >= 11 is 0. The Morgan fingerprint density at radius 3 is 2.86 bits per heavy atom. The normalized spacial score (nSPS) is 19.4. The summed E-state index contributed by atoms with van der Waals surface area (Å²) in [7, 11) is -1.60. The molecule has 0 aliphatic carbocycles. The molecule has 5 nitrogen and oxygen atoms in total. The summed E-state index contributed by atoms with van der Waals surface area (Å²) in [5.74, 6) is 0.962. The average Bonchev–Trinajstić information content (AvgIpc) is 2.48. The van der Waals surface area contributed by atoms with E-state index < -0.39 is 10.0 Å². The summed E-state index contributed by atoms with van der Waals surface area (Å²) in [6, 6.07) is 7.76. The molecule has 1 aromatic carbocycles. The van der Waals surface area contributed by atoms with E-state index in [2.05, 4.69) is 10.0 Å². The van der Waals surface area contributed by atoms with Gasteiger partial charge in [0.05, 0.1) is 12.9 Å². The molecule has 0 amide bonds. The van der Waals surface area contributed by atoms with Crippen molar-refractivity contribution in [3.05, 3.63) is 29.8 Å². The van der Waals surface area contributed by atoms with Crippen LogP contribution in [0.15, 0.2) is 24.3 Å². The van der Waals surface area contributed by atoms with Crippen LogP contribution in [0.5, 0.6) is 5.75 Å². The highest BCUT2D eigenvalue weighted by molar-refractivity contribution is 7.89. The molecule has 1 heterocycles. The Morgan fingerprint density at radius 2 is 2.14 bits per heavy atom. The first-order chi connectivity index (χ1) is 10.1. The van der Waals surface area contributed by atoms with Gasteiger partial charge in [0.2, 0.25) is 10.0 Å². The monoisotopic (exact) mass is 312 g/mol. The van der Waals surface area contributed by atoms with Crippen molar-refractivity contribution in [2.24, 2.45) is 0 Å². The van der Waals surface area contributed by atoms with E-state index >= 15 is 0 Å². The second-order valence-corrected chi connectivity index (χ2v) is 7.24. The van der Waals surface area contributed by atoms with Crippen LogP contribution in [0.1, 0.15) is 24.8 Å². The molecule has 0 bridgehead atoms. The Bertz CT molecular complexity index is 540. The third-order valence-electron chi connectivity index (χ3n) is 3.74. The van der Waals surface area contributed by atoms with Crippen molar-refractivity contribution < 1.29 is 13.2 Å². The molecular formula is C15H24N2O3S. The highest BCUT2D eigenvalue weighted by atomic mass is 32.2. The molecule has 0 radical (unpaired) electrons. The third-order valence-corrected chi connectivity index (χ3v) is 5.23. The summed E-state index contributed by atoms with van der Waals surface area (Å²) in [4.78, 5) is 0. The standard InChI is InChI=1S/C15H24N2O3S/c1-20-15-8-3-2-6-13(15)9-11-17-21(18,19)12-14-7-4-5-10-16-14/h2-3,6,8,14,16-17H,4-5,7,9-12H2,1H3. The van der Waals surface area contributed by atoms with Gasteiger partial charge >= 0.3 is 0 Å². The lowest BCUT2D eigenvalue weighted by Crippen LogP contribution is -2.42. The van der Waals surface area contributed by atoms with Gasteiger partial charge in [-0.3, -0.25) is 0 Å². The number of piperidine rings is 1. The average molecular weight is 312 g/mol. The predicted octanol–water partition coefficient (Wildman–Crippen LogP) is 1.30. The molecule has 1 unspecified atom stereocenters. The highest BCUT2D eigenvalue weighted by Gasteiger charge is 2.20. The topological polar surface area (TPSA) is 67.4 Å². The number of para-hydroxylation sites is 1. The van der Waals surface area contributed by atoms with E-state index in [-0.39, 0.29) is 11.8 Å². The van der Waals surface area contributed by atoms with Crippen LogP contribution >= 0.6 is 0 Å². The molecule has 21 heavy (non-hydrogen) atoms. The van der Waals surface area contributed by atoms with Crippen LogP contribution in [0.4, 0.5) is 0 Å². The summed E-state index contributed by atoms with van der Waals surface area (Å²) in [5.41, 5.74) is 1.01. The van der Waals surface area contributed by atoms with Gasteiger partial charge in [-0.2, -0.15) is 0 Å². The molecule has 0 saturated carbocycles. The van der Waals surface area contributed by atoms with Gasteiger partial charge in [0.25, 0.3) is 0 Å². The molecule has 1 saturated heterocycles. The Balaban J connectivity index is 1.81. The van der Waals surface area contributed by atoms with Gasteiger partial charge in [-0.25, -0.2) is 13.1 Å².